The van der Waals surface area contributed by atoms with Gasteiger partial charge in [-0.25, -0.2) is 4.57 Å². The zero-order valence-electron chi connectivity index (χ0n) is 20.4. The van der Waals surface area contributed by atoms with Crippen molar-refractivity contribution in [3.8, 4) is 0 Å². The van der Waals surface area contributed by atoms with E-state index in [1.165, 1.54) is 0 Å². The fourth-order valence-corrected chi connectivity index (χ4v) is 8.21. The number of aliphatic hydroxyl groups is 1. The number of aliphatic hydroxyl groups excluding tert-OH is 1. The standard InChI is InChI=1S/C26H35O9P/c27-19-20-22(33-25(31-20)11-5-1-6-12-25)24(23-21(19)32-26(34-23)13-7-2-8-14-26)35-36(28)29-15-17-9-3-4-10-18(17)16-30-36/h3-4,9-10,19-24,27H,1-2,5-8,11-16H2/t19-,20-,21-,22+,23-,24-/m0/s1. The van der Waals surface area contributed by atoms with Crippen molar-refractivity contribution in [3.63, 3.8) is 0 Å². The van der Waals surface area contributed by atoms with Crippen molar-refractivity contribution < 1.29 is 42.2 Å². The number of phosphoric acid groups is 1. The third kappa shape index (κ3) is 4.12. The molecule has 0 radical (unpaired) electrons. The van der Waals surface area contributed by atoms with Gasteiger partial charge < -0.3 is 24.1 Å². The topological polar surface area (TPSA) is 102 Å². The second-order valence-corrected chi connectivity index (χ2v) is 12.7. The number of fused-ring (bicyclic) bond motifs is 3. The summed E-state index contributed by atoms with van der Waals surface area (Å²) in [6, 6.07) is 7.69. The summed E-state index contributed by atoms with van der Waals surface area (Å²) in [5.41, 5.74) is 1.83. The highest BCUT2D eigenvalue weighted by Crippen LogP contribution is 2.58. The first-order chi connectivity index (χ1) is 17.5. The van der Waals surface area contributed by atoms with Crippen LogP contribution in [0.5, 0.6) is 0 Å². The Labute approximate surface area is 211 Å². The molecule has 0 aromatic heterocycles. The highest BCUT2D eigenvalue weighted by atomic mass is 31.2. The summed E-state index contributed by atoms with van der Waals surface area (Å²) in [6.07, 6.45) is 4.76. The molecular formula is C26H35O9P. The van der Waals surface area contributed by atoms with E-state index in [1.54, 1.807) is 0 Å². The monoisotopic (exact) mass is 522 g/mol. The Morgan fingerprint density at radius 2 is 1.17 bits per heavy atom. The van der Waals surface area contributed by atoms with E-state index in [0.717, 1.165) is 75.3 Å². The molecule has 1 aromatic rings. The van der Waals surface area contributed by atoms with Crippen molar-refractivity contribution in [1.29, 1.82) is 0 Å². The summed E-state index contributed by atoms with van der Waals surface area (Å²) >= 11 is 0. The molecule has 1 aromatic carbocycles. The number of hydrogen-bond acceptors (Lipinski definition) is 9. The van der Waals surface area contributed by atoms with Gasteiger partial charge in [0.25, 0.3) is 0 Å². The van der Waals surface area contributed by atoms with Crippen molar-refractivity contribution in [1.82, 2.24) is 0 Å². The normalized spacial score (nSPS) is 40.4. The molecule has 0 bridgehead atoms. The number of hydrogen-bond donors (Lipinski definition) is 1. The van der Waals surface area contributed by atoms with E-state index in [9.17, 15) is 9.67 Å². The first kappa shape index (κ1) is 24.2. The first-order valence-electron chi connectivity index (χ1n) is 13.5. The van der Waals surface area contributed by atoms with E-state index >= 15 is 0 Å². The Morgan fingerprint density at radius 1 is 0.722 bits per heavy atom. The van der Waals surface area contributed by atoms with Crippen LogP contribution in [0.15, 0.2) is 24.3 Å². The summed E-state index contributed by atoms with van der Waals surface area (Å²) in [5.74, 6) is -1.54. The zero-order chi connectivity index (χ0) is 24.4. The summed E-state index contributed by atoms with van der Waals surface area (Å²) < 4.78 is 57.7. The number of rotatable bonds is 2. The SMILES string of the molecule is O=P1(O[C@@H]2[C@H]3OC4(CCCCC4)O[C@H]3[C@@H](O)[C@@H]3OC4(CCCCC4)O[C@@H]23)OCc2ccccc2CO1. The van der Waals surface area contributed by atoms with Gasteiger partial charge in [-0.1, -0.05) is 37.1 Å². The van der Waals surface area contributed by atoms with Gasteiger partial charge in [-0.05, 0) is 36.8 Å². The van der Waals surface area contributed by atoms with Crippen LogP contribution < -0.4 is 0 Å². The van der Waals surface area contributed by atoms with Gasteiger partial charge in [-0.2, -0.15) is 0 Å². The molecular weight excluding hydrogens is 487 g/mol. The number of phosphoric ester groups is 1. The van der Waals surface area contributed by atoms with Crippen molar-refractivity contribution in [2.75, 3.05) is 0 Å². The van der Waals surface area contributed by atoms with E-state index in [4.69, 9.17) is 32.5 Å². The second kappa shape index (κ2) is 9.11. The predicted octanol–water partition coefficient (Wildman–Crippen LogP) is 4.49. The lowest BCUT2D eigenvalue weighted by Gasteiger charge is -2.40. The van der Waals surface area contributed by atoms with Crippen molar-refractivity contribution in [2.45, 2.75) is 126 Å². The highest BCUT2D eigenvalue weighted by molar-refractivity contribution is 7.48. The minimum atomic E-state index is -3.98. The largest absolute Gasteiger partial charge is 0.475 e. The zero-order valence-corrected chi connectivity index (χ0v) is 21.3. The van der Waals surface area contributed by atoms with Crippen LogP contribution in [0, 0.1) is 0 Å². The van der Waals surface area contributed by atoms with Gasteiger partial charge in [0.1, 0.15) is 36.6 Å². The van der Waals surface area contributed by atoms with Gasteiger partial charge >= 0.3 is 7.82 Å². The van der Waals surface area contributed by atoms with E-state index in [-0.39, 0.29) is 13.2 Å². The lowest BCUT2D eigenvalue weighted by Crippen LogP contribution is -2.62. The Balaban J connectivity index is 1.19. The maximum atomic E-state index is 13.9. The molecule has 10 heteroatoms. The molecule has 6 aliphatic rings. The molecule has 7 rings (SSSR count). The van der Waals surface area contributed by atoms with Gasteiger partial charge in [0, 0.05) is 25.7 Å². The number of ether oxygens (including phenoxy) is 4. The van der Waals surface area contributed by atoms with Crippen LogP contribution in [0.1, 0.15) is 75.3 Å². The molecule has 3 saturated carbocycles. The van der Waals surface area contributed by atoms with E-state index in [2.05, 4.69) is 0 Å². The van der Waals surface area contributed by atoms with Crippen molar-refractivity contribution in [2.24, 2.45) is 0 Å². The fourth-order valence-electron chi connectivity index (χ4n) is 6.88. The molecule has 0 amide bonds. The molecule has 3 aliphatic carbocycles. The lowest BCUT2D eigenvalue weighted by atomic mass is 9.85. The van der Waals surface area contributed by atoms with Crippen LogP contribution in [0.25, 0.3) is 0 Å². The molecule has 198 valence electrons. The van der Waals surface area contributed by atoms with Crippen LogP contribution in [0.4, 0.5) is 0 Å². The first-order valence-corrected chi connectivity index (χ1v) is 15.0. The van der Waals surface area contributed by atoms with Crippen LogP contribution in [-0.2, 0) is 50.3 Å². The third-order valence-electron chi connectivity index (χ3n) is 8.73. The quantitative estimate of drug-likeness (QED) is 0.563. The molecule has 36 heavy (non-hydrogen) atoms. The van der Waals surface area contributed by atoms with Gasteiger partial charge in [0.05, 0.1) is 13.2 Å². The average Bonchev–Trinajstić information content (AvgIpc) is 3.39. The fraction of sp³-hybridized carbons (Fsp3) is 0.769. The number of benzene rings is 1. The minimum Gasteiger partial charge on any atom is -0.387 e. The predicted molar refractivity (Wildman–Crippen MR) is 126 cm³/mol. The van der Waals surface area contributed by atoms with E-state index < -0.39 is 56.0 Å². The molecule has 6 atom stereocenters. The van der Waals surface area contributed by atoms with Gasteiger partial charge in [0.2, 0.25) is 0 Å². The van der Waals surface area contributed by atoms with E-state index in [0.29, 0.717) is 0 Å². The molecule has 2 spiro atoms. The van der Waals surface area contributed by atoms with Crippen molar-refractivity contribution in [3.05, 3.63) is 35.4 Å². The summed E-state index contributed by atoms with van der Waals surface area (Å²) in [7, 11) is -3.98. The highest BCUT2D eigenvalue weighted by Gasteiger charge is 2.67. The maximum absolute atomic E-state index is 13.9. The summed E-state index contributed by atoms with van der Waals surface area (Å²) in [5, 5.41) is 11.4. The summed E-state index contributed by atoms with van der Waals surface area (Å²) in [6.45, 7) is 0.237. The van der Waals surface area contributed by atoms with Crippen molar-refractivity contribution >= 4 is 7.82 Å². The van der Waals surface area contributed by atoms with Crippen LogP contribution in [0.3, 0.4) is 0 Å². The molecule has 3 heterocycles. The smallest absolute Gasteiger partial charge is 0.387 e. The summed E-state index contributed by atoms with van der Waals surface area (Å²) in [4.78, 5) is 0. The van der Waals surface area contributed by atoms with Gasteiger partial charge in [-0.3, -0.25) is 13.6 Å². The van der Waals surface area contributed by atoms with Crippen LogP contribution in [-0.4, -0.2) is 53.3 Å². The molecule has 5 fully saturated rings. The average molecular weight is 523 g/mol. The Morgan fingerprint density at radius 3 is 1.64 bits per heavy atom. The minimum absolute atomic E-state index is 0.119. The molecule has 2 saturated heterocycles. The second-order valence-electron chi connectivity index (χ2n) is 11.1. The third-order valence-corrected chi connectivity index (χ3v) is 10.1. The molecule has 0 unspecified atom stereocenters. The van der Waals surface area contributed by atoms with Crippen LogP contribution in [0.2, 0.25) is 0 Å². The Kier molecular flexibility index (Phi) is 6.12. The molecule has 3 aliphatic heterocycles. The van der Waals surface area contributed by atoms with Gasteiger partial charge in [-0.15, -0.1) is 0 Å². The Hall–Kier alpha value is -0.870. The lowest BCUT2D eigenvalue weighted by molar-refractivity contribution is -0.223. The van der Waals surface area contributed by atoms with Gasteiger partial charge in [0.15, 0.2) is 11.6 Å². The van der Waals surface area contributed by atoms with Crippen LogP contribution >= 0.6 is 7.82 Å². The Bertz CT molecular complexity index is 947. The maximum Gasteiger partial charge on any atom is 0.475 e. The molecule has 9 nitrogen and oxygen atoms in total. The van der Waals surface area contributed by atoms with E-state index in [1.807, 2.05) is 24.3 Å². The molecule has 1 N–H and O–H groups in total.